The highest BCUT2D eigenvalue weighted by atomic mass is 15.2. The summed E-state index contributed by atoms with van der Waals surface area (Å²) in [6, 6.07) is -0.0914. The van der Waals surface area contributed by atoms with Crippen LogP contribution in [0.15, 0.2) is 0 Å². The SMILES string of the molecule is CC(C)(C)[C@H](N)c1n[nH]c(C2CC2)n1. The normalized spacial score (nSPS) is 19.7. The Balaban J connectivity index is 2.15. The van der Waals surface area contributed by atoms with Crippen LogP contribution in [0.1, 0.15) is 57.2 Å². The van der Waals surface area contributed by atoms with E-state index in [0.29, 0.717) is 5.92 Å². The molecule has 78 valence electrons. The molecular weight excluding hydrogens is 176 g/mol. The van der Waals surface area contributed by atoms with Gasteiger partial charge in [-0.05, 0) is 18.3 Å². The highest BCUT2D eigenvalue weighted by Crippen LogP contribution is 2.38. The Morgan fingerprint density at radius 2 is 2.07 bits per heavy atom. The molecule has 0 spiro atoms. The molecule has 1 aliphatic carbocycles. The zero-order chi connectivity index (χ0) is 10.3. The minimum Gasteiger partial charge on any atom is -0.321 e. The average Bonchev–Trinajstić information content (AvgIpc) is 2.82. The molecule has 1 fully saturated rings. The van der Waals surface area contributed by atoms with Crippen molar-refractivity contribution in [3.63, 3.8) is 0 Å². The van der Waals surface area contributed by atoms with Crippen LogP contribution in [0.3, 0.4) is 0 Å². The van der Waals surface area contributed by atoms with Crippen LogP contribution in [-0.4, -0.2) is 15.2 Å². The molecule has 0 bridgehead atoms. The predicted molar refractivity (Wildman–Crippen MR) is 54.7 cm³/mol. The Morgan fingerprint density at radius 1 is 1.43 bits per heavy atom. The minimum absolute atomic E-state index is 0.0169. The maximum absolute atomic E-state index is 6.06. The molecule has 1 aromatic rings. The van der Waals surface area contributed by atoms with Gasteiger partial charge in [0.25, 0.3) is 0 Å². The second kappa shape index (κ2) is 3.05. The van der Waals surface area contributed by atoms with Gasteiger partial charge < -0.3 is 5.73 Å². The fourth-order valence-electron chi connectivity index (χ4n) is 1.35. The van der Waals surface area contributed by atoms with E-state index in [2.05, 4.69) is 36.0 Å². The van der Waals surface area contributed by atoms with E-state index in [9.17, 15) is 0 Å². The third kappa shape index (κ3) is 1.80. The molecule has 0 unspecified atom stereocenters. The molecule has 4 nitrogen and oxygen atoms in total. The van der Waals surface area contributed by atoms with Crippen molar-refractivity contribution in [2.24, 2.45) is 11.1 Å². The zero-order valence-corrected chi connectivity index (χ0v) is 9.04. The first-order valence-electron chi connectivity index (χ1n) is 5.16. The first-order chi connectivity index (χ1) is 6.48. The average molecular weight is 194 g/mol. The smallest absolute Gasteiger partial charge is 0.167 e. The number of hydrogen-bond acceptors (Lipinski definition) is 3. The largest absolute Gasteiger partial charge is 0.321 e. The van der Waals surface area contributed by atoms with Crippen molar-refractivity contribution in [2.75, 3.05) is 0 Å². The van der Waals surface area contributed by atoms with Crippen molar-refractivity contribution >= 4 is 0 Å². The summed E-state index contributed by atoms with van der Waals surface area (Å²) in [5.74, 6) is 2.38. The second-order valence-electron chi connectivity index (χ2n) is 5.20. The van der Waals surface area contributed by atoms with Crippen LogP contribution in [0.25, 0.3) is 0 Å². The molecule has 1 aliphatic rings. The lowest BCUT2D eigenvalue weighted by atomic mass is 9.87. The third-order valence-electron chi connectivity index (χ3n) is 2.70. The van der Waals surface area contributed by atoms with E-state index in [4.69, 9.17) is 5.73 Å². The van der Waals surface area contributed by atoms with Crippen molar-refractivity contribution in [3.8, 4) is 0 Å². The van der Waals surface area contributed by atoms with Gasteiger partial charge in [-0.15, -0.1) is 0 Å². The lowest BCUT2D eigenvalue weighted by Crippen LogP contribution is -2.27. The molecule has 1 heterocycles. The van der Waals surface area contributed by atoms with E-state index < -0.39 is 0 Å². The Kier molecular flexibility index (Phi) is 2.10. The lowest BCUT2D eigenvalue weighted by Gasteiger charge is -2.24. The van der Waals surface area contributed by atoms with E-state index in [1.807, 2.05) is 0 Å². The lowest BCUT2D eigenvalue weighted by molar-refractivity contribution is 0.316. The monoisotopic (exact) mass is 194 g/mol. The first-order valence-corrected chi connectivity index (χ1v) is 5.16. The van der Waals surface area contributed by atoms with Gasteiger partial charge in [0.15, 0.2) is 5.82 Å². The molecule has 2 rings (SSSR count). The summed E-state index contributed by atoms with van der Waals surface area (Å²) in [5.41, 5.74) is 6.08. The number of aromatic nitrogens is 3. The number of aromatic amines is 1. The van der Waals surface area contributed by atoms with Crippen molar-refractivity contribution in [3.05, 3.63) is 11.6 Å². The molecule has 0 radical (unpaired) electrons. The van der Waals surface area contributed by atoms with E-state index in [-0.39, 0.29) is 11.5 Å². The van der Waals surface area contributed by atoms with Gasteiger partial charge in [-0.1, -0.05) is 20.8 Å². The van der Waals surface area contributed by atoms with E-state index in [0.717, 1.165) is 11.6 Å². The molecule has 3 N–H and O–H groups in total. The van der Waals surface area contributed by atoms with Gasteiger partial charge in [-0.25, -0.2) is 4.98 Å². The molecule has 0 aliphatic heterocycles. The number of nitrogens with one attached hydrogen (secondary N) is 1. The van der Waals surface area contributed by atoms with Gasteiger partial charge in [0.05, 0.1) is 6.04 Å². The number of H-pyrrole nitrogens is 1. The summed E-state index contributed by atoms with van der Waals surface area (Å²) in [7, 11) is 0. The molecule has 1 atom stereocenters. The Labute approximate surface area is 84.3 Å². The summed E-state index contributed by atoms with van der Waals surface area (Å²) in [6.07, 6.45) is 2.47. The summed E-state index contributed by atoms with van der Waals surface area (Å²) in [5, 5.41) is 7.16. The van der Waals surface area contributed by atoms with Crippen LogP contribution in [0.2, 0.25) is 0 Å². The highest BCUT2D eigenvalue weighted by molar-refractivity contribution is 5.07. The molecule has 4 heteroatoms. The first kappa shape index (κ1) is 9.65. The second-order valence-corrected chi connectivity index (χ2v) is 5.20. The van der Waals surface area contributed by atoms with Gasteiger partial charge in [-0.3, -0.25) is 5.10 Å². The van der Waals surface area contributed by atoms with Crippen LogP contribution in [0.5, 0.6) is 0 Å². The summed E-state index contributed by atoms with van der Waals surface area (Å²) >= 11 is 0. The Bertz CT molecular complexity index is 319. The van der Waals surface area contributed by atoms with Gasteiger partial charge in [-0.2, -0.15) is 5.10 Å². The van der Waals surface area contributed by atoms with Gasteiger partial charge in [0, 0.05) is 5.92 Å². The van der Waals surface area contributed by atoms with Crippen LogP contribution < -0.4 is 5.73 Å². The molecule has 14 heavy (non-hydrogen) atoms. The fraction of sp³-hybridized carbons (Fsp3) is 0.800. The number of hydrogen-bond donors (Lipinski definition) is 2. The molecule has 1 aromatic heterocycles. The number of rotatable bonds is 2. The molecule has 0 aromatic carbocycles. The van der Waals surface area contributed by atoms with Crippen LogP contribution in [-0.2, 0) is 0 Å². The standard InChI is InChI=1S/C10H18N4/c1-10(2,3)7(11)9-12-8(13-14-9)6-4-5-6/h6-7H,4-5,11H2,1-3H3,(H,12,13,14)/t7-/m1/s1. The van der Waals surface area contributed by atoms with Crippen molar-refractivity contribution in [1.29, 1.82) is 0 Å². The summed E-state index contributed by atoms with van der Waals surface area (Å²) in [6.45, 7) is 6.31. The van der Waals surface area contributed by atoms with Gasteiger partial charge >= 0.3 is 0 Å². The van der Waals surface area contributed by atoms with Crippen molar-refractivity contribution in [1.82, 2.24) is 15.2 Å². The van der Waals surface area contributed by atoms with E-state index in [1.54, 1.807) is 0 Å². The topological polar surface area (TPSA) is 67.6 Å². The van der Waals surface area contributed by atoms with Crippen LogP contribution in [0.4, 0.5) is 0 Å². The Morgan fingerprint density at radius 3 is 2.57 bits per heavy atom. The number of nitrogens with two attached hydrogens (primary N) is 1. The van der Waals surface area contributed by atoms with Gasteiger partial charge in [0.1, 0.15) is 5.82 Å². The maximum Gasteiger partial charge on any atom is 0.167 e. The minimum atomic E-state index is -0.0914. The molecular formula is C10H18N4. The molecule has 1 saturated carbocycles. The Hall–Kier alpha value is -0.900. The van der Waals surface area contributed by atoms with Crippen LogP contribution >= 0.6 is 0 Å². The number of nitrogens with zero attached hydrogens (tertiary/aromatic N) is 2. The van der Waals surface area contributed by atoms with Crippen LogP contribution in [0, 0.1) is 5.41 Å². The molecule has 0 amide bonds. The molecule has 0 saturated heterocycles. The van der Waals surface area contributed by atoms with E-state index in [1.165, 1.54) is 12.8 Å². The quantitative estimate of drug-likeness (QED) is 0.753. The fourth-order valence-corrected chi connectivity index (χ4v) is 1.35. The maximum atomic E-state index is 6.06. The van der Waals surface area contributed by atoms with Gasteiger partial charge in [0.2, 0.25) is 0 Å². The van der Waals surface area contributed by atoms with Crippen molar-refractivity contribution in [2.45, 2.75) is 45.6 Å². The summed E-state index contributed by atoms with van der Waals surface area (Å²) < 4.78 is 0. The van der Waals surface area contributed by atoms with E-state index >= 15 is 0 Å². The third-order valence-corrected chi connectivity index (χ3v) is 2.70. The summed E-state index contributed by atoms with van der Waals surface area (Å²) in [4.78, 5) is 4.45. The highest BCUT2D eigenvalue weighted by Gasteiger charge is 2.30. The van der Waals surface area contributed by atoms with Crippen molar-refractivity contribution < 1.29 is 0 Å². The zero-order valence-electron chi connectivity index (χ0n) is 9.04. The predicted octanol–water partition coefficient (Wildman–Crippen LogP) is 1.73.